The van der Waals surface area contributed by atoms with Crippen LogP contribution in [0.5, 0.6) is 5.75 Å². The summed E-state index contributed by atoms with van der Waals surface area (Å²) < 4.78 is 79.0. The molecule has 2 aromatic heterocycles. The van der Waals surface area contributed by atoms with Crippen LogP contribution in [0.25, 0.3) is 22.4 Å². The number of aromatic nitrogens is 2. The molecule has 0 saturated carbocycles. The second kappa shape index (κ2) is 12.0. The van der Waals surface area contributed by atoms with E-state index in [0.29, 0.717) is 24.1 Å². The van der Waals surface area contributed by atoms with E-state index in [1.54, 1.807) is 11.0 Å². The summed E-state index contributed by atoms with van der Waals surface area (Å²) in [4.78, 5) is 28.2. The lowest BCUT2D eigenvalue weighted by Crippen LogP contribution is -2.41. The number of carbonyl (C=O) groups excluding carboxylic acids is 1. The standard InChI is InChI=1S/C29H26F5N5O4/c1-41-21-7-5-18(17-6-8-23(29(32,33)34)36-25(17)21)27-37-26(22(14-35)43-27)28(40)39-11-9-15(10-12-39)24(38-42-2)19-4-3-16(30)13-20(19)31/h3-8,13,15H,9-12,14,35H2,1-2H3. The number of rotatable bonds is 7. The third kappa shape index (κ3) is 5.87. The van der Waals surface area contributed by atoms with E-state index < -0.39 is 29.4 Å². The second-order valence-corrected chi connectivity index (χ2v) is 9.75. The Hall–Kier alpha value is -4.59. The van der Waals surface area contributed by atoms with Gasteiger partial charge in [0.05, 0.1) is 19.4 Å². The number of oxime groups is 1. The second-order valence-electron chi connectivity index (χ2n) is 9.75. The summed E-state index contributed by atoms with van der Waals surface area (Å²) in [5.41, 5.74) is 5.41. The topological polar surface area (TPSA) is 116 Å². The summed E-state index contributed by atoms with van der Waals surface area (Å²) in [5.74, 6) is -2.02. The Bertz CT molecular complexity index is 1700. The molecule has 1 amide bonds. The Morgan fingerprint density at radius 1 is 1.09 bits per heavy atom. The summed E-state index contributed by atoms with van der Waals surface area (Å²) in [7, 11) is 2.64. The molecule has 9 nitrogen and oxygen atoms in total. The van der Waals surface area contributed by atoms with Crippen LogP contribution in [-0.2, 0) is 17.6 Å². The van der Waals surface area contributed by atoms with Crippen molar-refractivity contribution in [3.05, 3.63) is 76.8 Å². The van der Waals surface area contributed by atoms with Crippen LogP contribution in [0.4, 0.5) is 22.0 Å². The third-order valence-electron chi connectivity index (χ3n) is 7.21. The molecule has 14 heteroatoms. The number of alkyl halides is 3. The zero-order valence-corrected chi connectivity index (χ0v) is 23.0. The highest BCUT2D eigenvalue weighted by molar-refractivity contribution is 6.02. The van der Waals surface area contributed by atoms with Gasteiger partial charge in [-0.3, -0.25) is 4.79 Å². The van der Waals surface area contributed by atoms with Crippen molar-refractivity contribution in [1.82, 2.24) is 14.9 Å². The van der Waals surface area contributed by atoms with Gasteiger partial charge < -0.3 is 24.6 Å². The minimum Gasteiger partial charge on any atom is -0.494 e. The van der Waals surface area contributed by atoms with Crippen molar-refractivity contribution >= 4 is 22.5 Å². The first-order valence-corrected chi connectivity index (χ1v) is 13.2. The largest absolute Gasteiger partial charge is 0.494 e. The lowest BCUT2D eigenvalue weighted by molar-refractivity contribution is -0.140. The van der Waals surface area contributed by atoms with E-state index in [1.807, 2.05) is 0 Å². The Labute approximate surface area is 242 Å². The molecule has 226 valence electrons. The van der Waals surface area contributed by atoms with Crippen LogP contribution in [-0.4, -0.2) is 53.8 Å². The fourth-order valence-electron chi connectivity index (χ4n) is 5.12. The molecule has 0 atom stereocenters. The van der Waals surface area contributed by atoms with Gasteiger partial charge in [0.15, 0.2) is 11.5 Å². The van der Waals surface area contributed by atoms with Crippen molar-refractivity contribution in [3.63, 3.8) is 0 Å². The van der Waals surface area contributed by atoms with E-state index in [4.69, 9.17) is 19.7 Å². The molecule has 4 aromatic rings. The minimum atomic E-state index is -4.67. The van der Waals surface area contributed by atoms with Gasteiger partial charge in [0.2, 0.25) is 5.89 Å². The number of methoxy groups -OCH3 is 1. The fraction of sp³-hybridized carbons (Fsp3) is 0.310. The van der Waals surface area contributed by atoms with Crippen molar-refractivity contribution in [2.24, 2.45) is 16.8 Å². The monoisotopic (exact) mass is 603 g/mol. The highest BCUT2D eigenvalue weighted by atomic mass is 19.4. The normalized spacial score (nSPS) is 14.8. The lowest BCUT2D eigenvalue weighted by atomic mass is 9.87. The van der Waals surface area contributed by atoms with E-state index in [0.717, 1.165) is 18.2 Å². The molecule has 1 fully saturated rings. The first-order chi connectivity index (χ1) is 20.5. The van der Waals surface area contributed by atoms with Gasteiger partial charge in [-0.2, -0.15) is 13.2 Å². The zero-order chi connectivity index (χ0) is 30.9. The summed E-state index contributed by atoms with van der Waals surface area (Å²) in [6.45, 7) is 0.358. The molecule has 43 heavy (non-hydrogen) atoms. The number of likely N-dealkylation sites (tertiary alicyclic amines) is 1. The summed E-state index contributed by atoms with van der Waals surface area (Å²) in [6, 6.07) is 8.27. The number of hydrogen-bond acceptors (Lipinski definition) is 8. The first-order valence-electron chi connectivity index (χ1n) is 13.2. The van der Waals surface area contributed by atoms with Gasteiger partial charge in [-0.15, -0.1) is 0 Å². The molecule has 0 radical (unpaired) electrons. The molecule has 1 aliphatic heterocycles. The highest BCUT2D eigenvalue weighted by Gasteiger charge is 2.34. The van der Waals surface area contributed by atoms with Crippen LogP contribution in [0, 0.1) is 17.6 Å². The third-order valence-corrected chi connectivity index (χ3v) is 7.21. The van der Waals surface area contributed by atoms with E-state index >= 15 is 0 Å². The zero-order valence-electron chi connectivity index (χ0n) is 23.0. The van der Waals surface area contributed by atoms with Crippen molar-refractivity contribution in [2.75, 3.05) is 27.3 Å². The van der Waals surface area contributed by atoms with Gasteiger partial charge in [0.25, 0.3) is 5.91 Å². The number of hydrogen-bond donors (Lipinski definition) is 1. The number of halogens is 5. The number of ether oxygens (including phenoxy) is 1. The van der Waals surface area contributed by atoms with Gasteiger partial charge in [0, 0.05) is 41.6 Å². The molecule has 2 N–H and O–H groups in total. The van der Waals surface area contributed by atoms with Crippen LogP contribution in [0.2, 0.25) is 0 Å². The molecule has 1 aliphatic rings. The number of oxazole rings is 1. The van der Waals surface area contributed by atoms with E-state index in [9.17, 15) is 26.7 Å². The predicted octanol–water partition coefficient (Wildman–Crippen LogP) is 5.56. The fourth-order valence-corrected chi connectivity index (χ4v) is 5.12. The predicted molar refractivity (Wildman–Crippen MR) is 145 cm³/mol. The smallest absolute Gasteiger partial charge is 0.433 e. The van der Waals surface area contributed by atoms with Crippen molar-refractivity contribution in [2.45, 2.75) is 25.6 Å². The average Bonchev–Trinajstić information content (AvgIpc) is 3.43. The lowest BCUT2D eigenvalue weighted by Gasteiger charge is -2.32. The molecule has 0 unspecified atom stereocenters. The number of pyridine rings is 1. The number of nitrogens with zero attached hydrogens (tertiary/aromatic N) is 4. The number of carbonyl (C=O) groups is 1. The van der Waals surface area contributed by atoms with E-state index in [-0.39, 0.29) is 65.1 Å². The summed E-state index contributed by atoms with van der Waals surface area (Å²) in [6.07, 6.45) is -3.85. The van der Waals surface area contributed by atoms with Gasteiger partial charge in [-0.1, -0.05) is 5.16 Å². The average molecular weight is 604 g/mol. The Kier molecular flexibility index (Phi) is 8.31. The van der Waals surface area contributed by atoms with Crippen LogP contribution in [0.1, 0.15) is 40.3 Å². The van der Waals surface area contributed by atoms with Gasteiger partial charge in [0.1, 0.15) is 35.7 Å². The molecular weight excluding hydrogens is 577 g/mol. The Morgan fingerprint density at radius 3 is 2.47 bits per heavy atom. The molecule has 0 spiro atoms. The van der Waals surface area contributed by atoms with Crippen molar-refractivity contribution in [1.29, 1.82) is 0 Å². The quantitative estimate of drug-likeness (QED) is 0.167. The minimum absolute atomic E-state index is 0.0193. The van der Waals surface area contributed by atoms with Crippen molar-refractivity contribution in [3.8, 4) is 17.2 Å². The first kappa shape index (κ1) is 29.9. The Balaban J connectivity index is 1.41. The van der Waals surface area contributed by atoms with Crippen molar-refractivity contribution < 1.29 is 40.7 Å². The maximum absolute atomic E-state index is 14.5. The molecule has 2 aromatic carbocycles. The van der Waals surface area contributed by atoms with Gasteiger partial charge in [-0.05, 0) is 49.2 Å². The molecular formula is C29H26F5N5O4. The van der Waals surface area contributed by atoms with Gasteiger partial charge >= 0.3 is 6.18 Å². The number of amides is 1. The van der Waals surface area contributed by atoms with Gasteiger partial charge in [-0.25, -0.2) is 18.7 Å². The maximum atomic E-state index is 14.5. The number of fused-ring (bicyclic) bond motifs is 1. The number of piperidine rings is 1. The SMILES string of the molecule is CON=C(c1ccc(F)cc1F)C1CCN(C(=O)c2nc(-c3ccc(OC)c4nc(C(F)(F)F)ccc34)oc2CN)CC1. The number of benzene rings is 2. The summed E-state index contributed by atoms with van der Waals surface area (Å²) >= 11 is 0. The van der Waals surface area contributed by atoms with Crippen LogP contribution < -0.4 is 10.5 Å². The molecule has 3 heterocycles. The molecule has 0 aliphatic carbocycles. The highest BCUT2D eigenvalue weighted by Crippen LogP contribution is 2.37. The van der Waals surface area contributed by atoms with Crippen LogP contribution >= 0.6 is 0 Å². The van der Waals surface area contributed by atoms with Crippen LogP contribution in [0.3, 0.4) is 0 Å². The van der Waals surface area contributed by atoms with E-state index in [2.05, 4.69) is 15.1 Å². The summed E-state index contributed by atoms with van der Waals surface area (Å²) in [5, 5.41) is 4.26. The number of nitrogens with two attached hydrogens (primary N) is 1. The van der Waals surface area contributed by atoms with Crippen LogP contribution in [0.15, 0.2) is 52.0 Å². The Morgan fingerprint density at radius 2 is 1.84 bits per heavy atom. The molecule has 0 bridgehead atoms. The molecule has 5 rings (SSSR count). The maximum Gasteiger partial charge on any atom is 0.433 e. The van der Waals surface area contributed by atoms with E-state index in [1.165, 1.54) is 32.4 Å². The molecule has 1 saturated heterocycles.